The van der Waals surface area contributed by atoms with Crippen LogP contribution in [0, 0.1) is 11.8 Å². The summed E-state index contributed by atoms with van der Waals surface area (Å²) in [6.45, 7) is 9.85. The van der Waals surface area contributed by atoms with Crippen LogP contribution in [0.25, 0.3) is 11.3 Å². The fourth-order valence-electron chi connectivity index (χ4n) is 8.11. The quantitative estimate of drug-likeness (QED) is 0.0764. The van der Waals surface area contributed by atoms with Crippen molar-refractivity contribution in [2.24, 2.45) is 11.8 Å². The number of nitrogens with zero attached hydrogens (tertiary/aromatic N) is 6. The molecular weight excluding hydrogens is 723 g/mol. The number of likely N-dealkylation sites (N-methyl/N-ethyl adjacent to an activating group) is 1. The molecule has 1 saturated carbocycles. The van der Waals surface area contributed by atoms with E-state index in [1.165, 1.54) is 0 Å². The number of aromatic amines is 1. The zero-order valence-electron chi connectivity index (χ0n) is 33.3. The zero-order valence-corrected chi connectivity index (χ0v) is 33.3. The number of rotatable bonds is 16. The van der Waals surface area contributed by atoms with Gasteiger partial charge < -0.3 is 28.6 Å². The van der Waals surface area contributed by atoms with E-state index in [1.807, 2.05) is 90.8 Å². The number of carbonyl (C=O) groups excluding carboxylic acids is 1. The van der Waals surface area contributed by atoms with Crippen LogP contribution in [0.15, 0.2) is 91.3 Å². The van der Waals surface area contributed by atoms with Gasteiger partial charge in [-0.25, -0.2) is 9.67 Å². The maximum absolute atomic E-state index is 14.1. The van der Waals surface area contributed by atoms with E-state index in [0.29, 0.717) is 61.0 Å². The summed E-state index contributed by atoms with van der Waals surface area (Å²) in [6, 6.07) is 25.0. The molecule has 1 spiro atoms. The molecule has 1 N–H and O–H groups in total. The highest BCUT2D eigenvalue weighted by Crippen LogP contribution is 2.53. The molecule has 1 aliphatic carbocycles. The number of aryl methyl sites for hydroxylation is 1. The first-order valence-electron chi connectivity index (χ1n) is 20.0. The first-order valence-corrected chi connectivity index (χ1v) is 20.0. The Balaban J connectivity index is 1.01. The van der Waals surface area contributed by atoms with Crippen LogP contribution in [-0.2, 0) is 16.0 Å². The van der Waals surface area contributed by atoms with Crippen molar-refractivity contribution in [1.82, 2.24) is 29.6 Å². The largest absolute Gasteiger partial charge is 0.497 e. The molecule has 3 aromatic carbocycles. The molecule has 0 bridgehead atoms. The van der Waals surface area contributed by atoms with E-state index in [2.05, 4.69) is 37.0 Å². The van der Waals surface area contributed by atoms with Crippen LogP contribution in [0.1, 0.15) is 70.7 Å². The minimum absolute atomic E-state index is 0.0112. The third-order valence-electron chi connectivity index (χ3n) is 11.4. The number of methoxy groups -OCH3 is 1. The first kappa shape index (κ1) is 38.1. The maximum Gasteiger partial charge on any atom is 0.263 e. The standard InChI is InChI=1S/C44H51N7O6/c1-6-49(43(52)39-44(57-39)22-21-29(2)27-31(44)4)33-15-20-37(56-36-18-16-34(53-5)17-19-36)32(28-33)14-13-30(3)40-46-41-38(50-24-10-23-45-50)42(48-51(41)47-40)55-26-25-54-35-11-8-7-9-12-35/h7-12,15-20,23-24,28-31,39H,6,13-14,21-22,25-27H2,1-5H3,(H,46,47). The Kier molecular flexibility index (Phi) is 10.9. The third kappa shape index (κ3) is 7.93. The second kappa shape index (κ2) is 16.3. The van der Waals surface area contributed by atoms with Crippen molar-refractivity contribution >= 4 is 17.2 Å². The van der Waals surface area contributed by atoms with Gasteiger partial charge in [0.05, 0.1) is 7.11 Å². The van der Waals surface area contributed by atoms with Crippen molar-refractivity contribution in [1.29, 1.82) is 0 Å². The highest BCUT2D eigenvalue weighted by Gasteiger charge is 2.65. The summed E-state index contributed by atoms with van der Waals surface area (Å²) in [5.41, 5.74) is 2.71. The zero-order chi connectivity index (χ0) is 39.5. The molecule has 1 aliphatic heterocycles. The molecule has 4 heterocycles. The molecular formula is C44H51N7O6. The van der Waals surface area contributed by atoms with Gasteiger partial charge in [0.15, 0.2) is 11.8 Å². The lowest BCUT2D eigenvalue weighted by atomic mass is 9.73. The van der Waals surface area contributed by atoms with Crippen LogP contribution in [0.4, 0.5) is 5.69 Å². The minimum Gasteiger partial charge on any atom is -0.497 e. The van der Waals surface area contributed by atoms with Crippen molar-refractivity contribution in [3.8, 4) is 34.6 Å². The molecule has 5 atom stereocenters. The fraction of sp³-hybridized carbons (Fsp3) is 0.409. The number of aromatic nitrogens is 6. The highest BCUT2D eigenvalue weighted by atomic mass is 16.6. The van der Waals surface area contributed by atoms with Gasteiger partial charge in [0, 0.05) is 30.5 Å². The second-order valence-corrected chi connectivity index (χ2v) is 15.3. The number of H-pyrrole nitrogens is 1. The Hall–Kier alpha value is -5.82. The topological polar surface area (TPSA) is 134 Å². The molecule has 3 aromatic heterocycles. The van der Waals surface area contributed by atoms with Gasteiger partial charge in [-0.15, -0.1) is 9.73 Å². The predicted octanol–water partition coefficient (Wildman–Crippen LogP) is 8.18. The van der Waals surface area contributed by atoms with Gasteiger partial charge in [-0.2, -0.15) is 5.10 Å². The van der Waals surface area contributed by atoms with E-state index in [1.54, 1.807) is 22.6 Å². The van der Waals surface area contributed by atoms with E-state index >= 15 is 0 Å². The monoisotopic (exact) mass is 773 g/mol. The average Bonchev–Trinajstić information content (AvgIpc) is 3.51. The number of nitrogens with one attached hydrogen (secondary N) is 1. The lowest BCUT2D eigenvalue weighted by molar-refractivity contribution is -0.119. The van der Waals surface area contributed by atoms with Crippen molar-refractivity contribution in [2.75, 3.05) is 31.8 Å². The molecule has 2 aliphatic rings. The van der Waals surface area contributed by atoms with Gasteiger partial charge >= 0.3 is 0 Å². The lowest BCUT2D eigenvalue weighted by Gasteiger charge is -2.31. The molecule has 13 nitrogen and oxygen atoms in total. The number of para-hydroxylation sites is 1. The molecule has 6 aromatic rings. The summed E-state index contributed by atoms with van der Waals surface area (Å²) in [4.78, 5) is 20.9. The van der Waals surface area contributed by atoms with Crippen LogP contribution in [0.5, 0.6) is 28.9 Å². The van der Waals surface area contributed by atoms with E-state index in [0.717, 1.165) is 60.0 Å². The summed E-state index contributed by atoms with van der Waals surface area (Å²) in [5.74, 6) is 5.16. The second-order valence-electron chi connectivity index (χ2n) is 15.3. The Labute approximate surface area is 332 Å². The first-order chi connectivity index (χ1) is 27.8. The lowest BCUT2D eigenvalue weighted by Crippen LogP contribution is -2.41. The minimum atomic E-state index is -0.406. The smallest absolute Gasteiger partial charge is 0.263 e. The van der Waals surface area contributed by atoms with Crippen LogP contribution in [0.2, 0.25) is 0 Å². The summed E-state index contributed by atoms with van der Waals surface area (Å²) in [5, 5.41) is 12.5. The number of ether oxygens (including phenoxy) is 5. The summed E-state index contributed by atoms with van der Waals surface area (Å²) >= 11 is 0. The van der Waals surface area contributed by atoms with E-state index in [-0.39, 0.29) is 17.4 Å². The molecule has 5 unspecified atom stereocenters. The molecule has 2 fully saturated rings. The molecule has 13 heteroatoms. The average molecular weight is 774 g/mol. The van der Waals surface area contributed by atoms with Crippen LogP contribution in [0.3, 0.4) is 0 Å². The Bertz CT molecular complexity index is 2270. The van der Waals surface area contributed by atoms with Gasteiger partial charge in [0.2, 0.25) is 5.65 Å². The van der Waals surface area contributed by atoms with E-state index in [4.69, 9.17) is 33.8 Å². The van der Waals surface area contributed by atoms with Crippen LogP contribution < -0.4 is 23.8 Å². The Morgan fingerprint density at radius 2 is 1.81 bits per heavy atom. The van der Waals surface area contributed by atoms with Gasteiger partial charge in [-0.05, 0) is 117 Å². The molecule has 298 valence electrons. The molecule has 8 rings (SSSR count). The van der Waals surface area contributed by atoms with Gasteiger partial charge in [0.25, 0.3) is 11.8 Å². The van der Waals surface area contributed by atoms with Crippen LogP contribution in [-0.4, -0.2) is 74.1 Å². The molecule has 0 radical (unpaired) electrons. The van der Waals surface area contributed by atoms with E-state index < -0.39 is 6.10 Å². The number of amides is 1. The summed E-state index contributed by atoms with van der Waals surface area (Å²) < 4.78 is 33.4. The highest BCUT2D eigenvalue weighted by molar-refractivity contribution is 5.99. The number of fused-ring (bicyclic) bond motifs is 1. The van der Waals surface area contributed by atoms with Crippen molar-refractivity contribution in [3.05, 3.63) is 103 Å². The van der Waals surface area contributed by atoms with Crippen molar-refractivity contribution in [2.45, 2.75) is 77.4 Å². The third-order valence-corrected chi connectivity index (χ3v) is 11.4. The number of anilines is 1. The van der Waals surface area contributed by atoms with Crippen LogP contribution >= 0.6 is 0 Å². The van der Waals surface area contributed by atoms with Gasteiger partial charge in [-0.3, -0.25) is 9.89 Å². The molecule has 57 heavy (non-hydrogen) atoms. The van der Waals surface area contributed by atoms with Crippen molar-refractivity contribution < 1.29 is 28.5 Å². The van der Waals surface area contributed by atoms with Gasteiger partial charge in [-0.1, -0.05) is 39.0 Å². The number of benzene rings is 3. The molecule has 1 amide bonds. The summed E-state index contributed by atoms with van der Waals surface area (Å²) in [6.07, 6.45) is 7.65. The fourth-order valence-corrected chi connectivity index (χ4v) is 8.11. The van der Waals surface area contributed by atoms with Gasteiger partial charge in [0.1, 0.15) is 47.6 Å². The van der Waals surface area contributed by atoms with Crippen molar-refractivity contribution in [3.63, 3.8) is 0 Å². The maximum atomic E-state index is 14.1. The number of hydrogen-bond donors (Lipinski definition) is 1. The summed E-state index contributed by atoms with van der Waals surface area (Å²) in [7, 11) is 1.64. The number of hydrogen-bond acceptors (Lipinski definition) is 9. The molecule has 1 saturated heterocycles. The number of carbonyl (C=O) groups is 1. The Morgan fingerprint density at radius 1 is 1.02 bits per heavy atom. The SMILES string of the molecule is CCN(C(=O)C1OC12CCC(C)CC2C)c1ccc(Oc2ccc(OC)cc2)c(CCC(C)c2nc3c(-n4cccn4)c(OCCOc4ccccc4)nn3[nH]2)c1. The number of epoxide rings is 1. The normalized spacial score (nSPS) is 20.7. The predicted molar refractivity (Wildman–Crippen MR) is 216 cm³/mol. The Morgan fingerprint density at radius 3 is 2.54 bits per heavy atom. The van der Waals surface area contributed by atoms with E-state index in [9.17, 15) is 4.79 Å².